The van der Waals surface area contributed by atoms with E-state index in [0.717, 1.165) is 32.7 Å². The highest BCUT2D eigenvalue weighted by Gasteiger charge is 2.37. The molecule has 0 saturated heterocycles. The third kappa shape index (κ3) is 1.82. The Balaban J connectivity index is 1.69. The second kappa shape index (κ2) is 5.47. The van der Waals surface area contributed by atoms with Gasteiger partial charge < -0.3 is 8.96 Å². The molecule has 8 rings (SSSR count). The number of hydrogen-bond acceptors (Lipinski definition) is 4. The first-order valence-corrected chi connectivity index (χ1v) is 10.4. The number of nitrogens with zero attached hydrogens (tertiary/aromatic N) is 6. The summed E-state index contributed by atoms with van der Waals surface area (Å²) < 4.78 is 19.5. The highest BCUT2D eigenvalue weighted by Crippen LogP contribution is 2.40. The summed E-state index contributed by atoms with van der Waals surface area (Å²) in [6, 6.07) is 23.5. The van der Waals surface area contributed by atoms with Gasteiger partial charge in [-0.05, 0) is 0 Å². The number of rotatable bonds is 0. The van der Waals surface area contributed by atoms with Crippen LogP contribution < -0.4 is 11.0 Å². The van der Waals surface area contributed by atoms with Crippen LogP contribution in [-0.2, 0) is 0 Å². The molecule has 2 aromatic heterocycles. The van der Waals surface area contributed by atoms with Gasteiger partial charge in [-0.25, -0.2) is 20.0 Å². The standard InChI is InChI=1S/C24H12BFN6/c26-25-31-21-15-9-3-5-11-17(15)23(31)30-24-18-12-6-4-10-16(18)22(32(24)25)29-20-14-8-2-1-7-13(14)19(27-20)28-21/h1-12H. The minimum absolute atomic E-state index is 0.512. The van der Waals surface area contributed by atoms with Crippen molar-refractivity contribution < 1.29 is 4.32 Å². The van der Waals surface area contributed by atoms with E-state index in [0.29, 0.717) is 34.3 Å². The molecule has 3 aliphatic heterocycles. The zero-order chi connectivity index (χ0) is 21.0. The van der Waals surface area contributed by atoms with Gasteiger partial charge in [-0.1, -0.05) is 72.8 Å². The van der Waals surface area contributed by atoms with Gasteiger partial charge in [0.25, 0.3) is 0 Å². The SMILES string of the molecule is FB1n2c3c4ccccc4c2N=c2c4ccccc4c(n21)=NC1=NC(=N3)c2ccccc21. The molecular weight excluding hydrogens is 402 g/mol. The molecule has 5 heterocycles. The zero-order valence-electron chi connectivity index (χ0n) is 16.6. The van der Waals surface area contributed by atoms with Gasteiger partial charge in [0.05, 0.1) is 0 Å². The van der Waals surface area contributed by atoms with Crippen LogP contribution >= 0.6 is 0 Å². The lowest BCUT2D eigenvalue weighted by atomic mass is 10.0. The van der Waals surface area contributed by atoms with Gasteiger partial charge in [0.2, 0.25) is 0 Å². The third-order valence-corrected chi connectivity index (χ3v) is 6.41. The predicted molar refractivity (Wildman–Crippen MR) is 123 cm³/mol. The lowest BCUT2D eigenvalue weighted by Crippen LogP contribution is -2.45. The average Bonchev–Trinajstić information content (AvgIpc) is 3.45. The van der Waals surface area contributed by atoms with Gasteiger partial charge in [-0.15, -0.1) is 0 Å². The van der Waals surface area contributed by atoms with Gasteiger partial charge in [-0.3, -0.25) is 4.32 Å². The van der Waals surface area contributed by atoms with E-state index in [-0.39, 0.29) is 0 Å². The van der Waals surface area contributed by atoms with Crippen LogP contribution in [0.15, 0.2) is 92.8 Å². The normalized spacial score (nSPS) is 15.2. The number of aromatic nitrogens is 2. The van der Waals surface area contributed by atoms with E-state index < -0.39 is 7.26 Å². The van der Waals surface area contributed by atoms with E-state index in [4.69, 9.17) is 20.0 Å². The van der Waals surface area contributed by atoms with Gasteiger partial charge in [0.1, 0.15) is 22.6 Å². The molecule has 0 spiro atoms. The molecule has 3 aliphatic rings. The minimum Gasteiger partial charge on any atom is -0.303 e. The molecule has 4 bridgehead atoms. The van der Waals surface area contributed by atoms with Crippen LogP contribution in [0, 0.1) is 0 Å². The second-order valence-electron chi connectivity index (χ2n) is 8.08. The molecule has 32 heavy (non-hydrogen) atoms. The summed E-state index contributed by atoms with van der Waals surface area (Å²) in [6.07, 6.45) is 0. The fourth-order valence-electron chi connectivity index (χ4n) is 5.01. The summed E-state index contributed by atoms with van der Waals surface area (Å²) in [5.41, 5.74) is 2.85. The number of fused-ring (bicyclic) bond motifs is 10. The Labute approximate surface area is 180 Å². The number of amidine groups is 2. The molecule has 0 aliphatic carbocycles. The smallest absolute Gasteiger partial charge is 0.303 e. The van der Waals surface area contributed by atoms with Crippen LogP contribution in [0.25, 0.3) is 21.5 Å². The maximum Gasteiger partial charge on any atom is 0.601 e. The van der Waals surface area contributed by atoms with Crippen molar-refractivity contribution in [2.45, 2.75) is 0 Å². The van der Waals surface area contributed by atoms with Crippen molar-refractivity contribution in [3.8, 4) is 0 Å². The van der Waals surface area contributed by atoms with Crippen LogP contribution in [0.3, 0.4) is 0 Å². The number of aliphatic imine (C=N–C) groups is 2. The molecule has 6 nitrogen and oxygen atoms in total. The molecule has 0 unspecified atom stereocenters. The predicted octanol–water partition coefficient (Wildman–Crippen LogP) is 3.68. The van der Waals surface area contributed by atoms with Crippen LogP contribution in [-0.4, -0.2) is 27.9 Å². The summed E-state index contributed by atoms with van der Waals surface area (Å²) in [7, 11) is -1.53. The summed E-state index contributed by atoms with van der Waals surface area (Å²) in [6.45, 7) is 0. The number of benzene rings is 3. The molecule has 0 N–H and O–H groups in total. The maximum absolute atomic E-state index is 16.4. The van der Waals surface area contributed by atoms with E-state index in [1.54, 1.807) is 8.96 Å². The zero-order valence-corrected chi connectivity index (χ0v) is 16.6. The fourth-order valence-corrected chi connectivity index (χ4v) is 5.01. The molecule has 0 fully saturated rings. The van der Waals surface area contributed by atoms with E-state index in [2.05, 4.69) is 0 Å². The summed E-state index contributed by atoms with van der Waals surface area (Å²) in [4.78, 5) is 19.5. The molecule has 0 atom stereocenters. The average molecular weight is 414 g/mol. The fraction of sp³-hybridized carbons (Fsp3) is 0. The van der Waals surface area contributed by atoms with E-state index in [9.17, 15) is 0 Å². The first-order chi connectivity index (χ1) is 15.8. The third-order valence-electron chi connectivity index (χ3n) is 6.41. The van der Waals surface area contributed by atoms with Gasteiger partial charge in [0.15, 0.2) is 11.7 Å². The number of halogens is 1. The Bertz CT molecular complexity index is 1860. The molecule has 0 radical (unpaired) electrons. The second-order valence-corrected chi connectivity index (χ2v) is 8.08. The van der Waals surface area contributed by atoms with Gasteiger partial charge in [-0.2, -0.15) is 0 Å². The Hall–Kier alpha value is -4.33. The molecule has 3 aromatic carbocycles. The van der Waals surface area contributed by atoms with Gasteiger partial charge in [0, 0.05) is 32.7 Å². The van der Waals surface area contributed by atoms with Crippen LogP contribution in [0.2, 0.25) is 0 Å². The van der Waals surface area contributed by atoms with E-state index >= 15 is 4.32 Å². The van der Waals surface area contributed by atoms with Crippen molar-refractivity contribution >= 4 is 52.1 Å². The van der Waals surface area contributed by atoms with Crippen molar-refractivity contribution in [1.82, 2.24) is 8.96 Å². The molecule has 8 heteroatoms. The first kappa shape index (κ1) is 16.4. The lowest BCUT2D eigenvalue weighted by molar-refractivity contribution is 0.718. The highest BCUT2D eigenvalue weighted by atomic mass is 19.1. The largest absolute Gasteiger partial charge is 0.601 e. The molecule has 0 saturated carbocycles. The van der Waals surface area contributed by atoms with Crippen LogP contribution in [0.1, 0.15) is 11.1 Å². The van der Waals surface area contributed by atoms with E-state index in [1.807, 2.05) is 72.8 Å². The summed E-state index contributed by atoms with van der Waals surface area (Å²) >= 11 is 0. The van der Waals surface area contributed by atoms with Gasteiger partial charge >= 0.3 is 7.26 Å². The Morgan fingerprint density at radius 1 is 0.531 bits per heavy atom. The first-order valence-electron chi connectivity index (χ1n) is 10.4. The van der Waals surface area contributed by atoms with Crippen molar-refractivity contribution in [2.24, 2.45) is 20.0 Å². The monoisotopic (exact) mass is 414 g/mol. The highest BCUT2D eigenvalue weighted by molar-refractivity contribution is 6.50. The van der Waals surface area contributed by atoms with Crippen molar-refractivity contribution in [2.75, 3.05) is 0 Å². The maximum atomic E-state index is 16.4. The minimum atomic E-state index is -1.53. The molecule has 148 valence electrons. The number of hydrogen-bond donors (Lipinski definition) is 0. The van der Waals surface area contributed by atoms with Crippen molar-refractivity contribution in [1.29, 1.82) is 0 Å². The molecular formula is C24H12BFN6. The van der Waals surface area contributed by atoms with Crippen LogP contribution in [0.5, 0.6) is 0 Å². The topological polar surface area (TPSA) is 59.3 Å². The Morgan fingerprint density at radius 3 is 1.69 bits per heavy atom. The molecule has 0 amide bonds. The quantitative estimate of drug-likeness (QED) is 0.347. The van der Waals surface area contributed by atoms with Crippen molar-refractivity contribution in [3.63, 3.8) is 0 Å². The molecule has 5 aromatic rings. The Morgan fingerprint density at radius 2 is 1.03 bits per heavy atom. The Kier molecular flexibility index (Phi) is 2.80. The summed E-state index contributed by atoms with van der Waals surface area (Å²) in [5, 5.41) is 3.41. The van der Waals surface area contributed by atoms with E-state index in [1.165, 1.54) is 0 Å². The lowest BCUT2D eigenvalue weighted by Gasteiger charge is -2.16. The van der Waals surface area contributed by atoms with Crippen molar-refractivity contribution in [3.05, 3.63) is 94.9 Å². The summed E-state index contributed by atoms with van der Waals surface area (Å²) in [5.74, 6) is 2.14. The van der Waals surface area contributed by atoms with Crippen LogP contribution in [0.4, 0.5) is 16.0 Å².